The molecule has 0 spiro atoms. The lowest BCUT2D eigenvalue weighted by Gasteiger charge is -2.29. The molecule has 18 heavy (non-hydrogen) atoms. The molecular formula is C16H34N2. The van der Waals surface area contributed by atoms with Crippen LogP contribution in [0.1, 0.15) is 78.6 Å². The predicted octanol–water partition coefficient (Wildman–Crippen LogP) is 3.86. The van der Waals surface area contributed by atoms with Gasteiger partial charge in [-0.2, -0.15) is 0 Å². The normalized spacial score (nSPS) is 23.8. The third kappa shape index (κ3) is 6.75. The molecule has 1 fully saturated rings. The Morgan fingerprint density at radius 2 is 2.00 bits per heavy atom. The number of hydrogen-bond donors (Lipinski definition) is 2. The molecule has 0 aromatic carbocycles. The largest absolute Gasteiger partial charge is 0.314 e. The first kappa shape index (κ1) is 16.0. The van der Waals surface area contributed by atoms with Gasteiger partial charge in [0, 0.05) is 18.1 Å². The zero-order valence-corrected chi connectivity index (χ0v) is 12.8. The summed E-state index contributed by atoms with van der Waals surface area (Å²) in [5.41, 5.74) is 0. The molecule has 0 saturated carbocycles. The molecule has 2 heteroatoms. The molecule has 0 radical (unpaired) electrons. The zero-order valence-electron chi connectivity index (χ0n) is 12.8. The summed E-state index contributed by atoms with van der Waals surface area (Å²) in [6.07, 6.45) is 12.1. The average molecular weight is 254 g/mol. The maximum Gasteiger partial charge on any atom is 0.00817 e. The molecule has 1 aliphatic heterocycles. The van der Waals surface area contributed by atoms with Gasteiger partial charge in [0.05, 0.1) is 0 Å². The molecule has 0 aliphatic carbocycles. The fourth-order valence-corrected chi connectivity index (χ4v) is 3.13. The first-order valence-corrected chi connectivity index (χ1v) is 8.25. The van der Waals surface area contributed by atoms with E-state index in [1.54, 1.807) is 0 Å². The predicted molar refractivity (Wildman–Crippen MR) is 81.1 cm³/mol. The zero-order chi connectivity index (χ0) is 13.2. The Morgan fingerprint density at radius 3 is 2.61 bits per heavy atom. The highest BCUT2D eigenvalue weighted by atomic mass is 15.0. The summed E-state index contributed by atoms with van der Waals surface area (Å²) in [6.45, 7) is 8.18. The van der Waals surface area contributed by atoms with Gasteiger partial charge in [-0.15, -0.1) is 0 Å². The maximum atomic E-state index is 3.86. The van der Waals surface area contributed by atoms with Crippen molar-refractivity contribution in [1.29, 1.82) is 0 Å². The monoisotopic (exact) mass is 254 g/mol. The lowest BCUT2D eigenvalue weighted by atomic mass is 9.97. The van der Waals surface area contributed by atoms with Crippen molar-refractivity contribution >= 4 is 0 Å². The van der Waals surface area contributed by atoms with Gasteiger partial charge < -0.3 is 10.6 Å². The summed E-state index contributed by atoms with van der Waals surface area (Å²) < 4.78 is 0. The Balaban J connectivity index is 2.23. The van der Waals surface area contributed by atoms with E-state index in [9.17, 15) is 0 Å². The fraction of sp³-hybridized carbons (Fsp3) is 1.00. The van der Waals surface area contributed by atoms with Crippen molar-refractivity contribution in [1.82, 2.24) is 10.6 Å². The molecule has 1 heterocycles. The van der Waals surface area contributed by atoms with Crippen molar-refractivity contribution in [2.45, 2.75) is 96.7 Å². The minimum Gasteiger partial charge on any atom is -0.314 e. The molecule has 1 aliphatic rings. The van der Waals surface area contributed by atoms with E-state index in [4.69, 9.17) is 0 Å². The number of unbranched alkanes of at least 4 members (excludes halogenated alkanes) is 1. The summed E-state index contributed by atoms with van der Waals surface area (Å²) in [5, 5.41) is 7.52. The standard InChI is InChI=1S/C16H34N2/c1-4-6-10-15(9-5-2)18-14(3)13-16-11-7-8-12-17-16/h14-18H,4-13H2,1-3H3. The Labute approximate surface area is 114 Å². The summed E-state index contributed by atoms with van der Waals surface area (Å²) in [4.78, 5) is 0. The van der Waals surface area contributed by atoms with Crippen LogP contribution in [-0.4, -0.2) is 24.7 Å². The van der Waals surface area contributed by atoms with Gasteiger partial charge in [0.2, 0.25) is 0 Å². The van der Waals surface area contributed by atoms with Gasteiger partial charge in [0.1, 0.15) is 0 Å². The van der Waals surface area contributed by atoms with Crippen LogP contribution >= 0.6 is 0 Å². The number of rotatable bonds is 9. The minimum absolute atomic E-state index is 0.661. The Morgan fingerprint density at radius 1 is 1.17 bits per heavy atom. The Hall–Kier alpha value is -0.0800. The highest BCUT2D eigenvalue weighted by molar-refractivity contribution is 4.79. The molecule has 0 aromatic rings. The third-order valence-electron chi connectivity index (χ3n) is 4.11. The molecular weight excluding hydrogens is 220 g/mol. The molecule has 108 valence electrons. The van der Waals surface area contributed by atoms with Gasteiger partial charge in [-0.05, 0) is 45.6 Å². The second-order valence-electron chi connectivity index (χ2n) is 6.08. The lowest BCUT2D eigenvalue weighted by Crippen LogP contribution is -2.43. The van der Waals surface area contributed by atoms with E-state index in [0.29, 0.717) is 6.04 Å². The van der Waals surface area contributed by atoms with Crippen LogP contribution < -0.4 is 10.6 Å². The topological polar surface area (TPSA) is 24.1 Å². The Bertz CT molecular complexity index is 188. The fourth-order valence-electron chi connectivity index (χ4n) is 3.13. The van der Waals surface area contributed by atoms with E-state index in [0.717, 1.165) is 12.1 Å². The van der Waals surface area contributed by atoms with Gasteiger partial charge in [-0.3, -0.25) is 0 Å². The molecule has 2 N–H and O–H groups in total. The summed E-state index contributed by atoms with van der Waals surface area (Å²) >= 11 is 0. The molecule has 2 nitrogen and oxygen atoms in total. The van der Waals surface area contributed by atoms with Gasteiger partial charge in [0.25, 0.3) is 0 Å². The van der Waals surface area contributed by atoms with Crippen molar-refractivity contribution in [2.24, 2.45) is 0 Å². The van der Waals surface area contributed by atoms with Gasteiger partial charge in [0.15, 0.2) is 0 Å². The molecule has 3 unspecified atom stereocenters. The number of nitrogens with one attached hydrogen (secondary N) is 2. The first-order chi connectivity index (χ1) is 8.76. The van der Waals surface area contributed by atoms with Crippen molar-refractivity contribution in [3.63, 3.8) is 0 Å². The van der Waals surface area contributed by atoms with Crippen molar-refractivity contribution in [3.05, 3.63) is 0 Å². The van der Waals surface area contributed by atoms with Crippen molar-refractivity contribution in [3.8, 4) is 0 Å². The van der Waals surface area contributed by atoms with E-state index in [-0.39, 0.29) is 0 Å². The smallest absolute Gasteiger partial charge is 0.00817 e. The number of piperidine rings is 1. The molecule has 0 aromatic heterocycles. The van der Waals surface area contributed by atoms with Crippen LogP contribution in [0, 0.1) is 0 Å². The molecule has 1 saturated heterocycles. The average Bonchev–Trinajstić information content (AvgIpc) is 2.37. The second kappa shape index (κ2) is 9.80. The van der Waals surface area contributed by atoms with Crippen LogP contribution in [0.3, 0.4) is 0 Å². The Kier molecular flexibility index (Phi) is 8.70. The van der Waals surface area contributed by atoms with Gasteiger partial charge in [-0.1, -0.05) is 39.5 Å². The number of hydrogen-bond acceptors (Lipinski definition) is 2. The summed E-state index contributed by atoms with van der Waals surface area (Å²) in [5.74, 6) is 0. The molecule has 3 atom stereocenters. The highest BCUT2D eigenvalue weighted by Gasteiger charge is 2.17. The van der Waals surface area contributed by atoms with Crippen molar-refractivity contribution < 1.29 is 0 Å². The SMILES string of the molecule is CCCCC(CCC)NC(C)CC1CCCCN1. The van der Waals surface area contributed by atoms with Crippen LogP contribution in [0.15, 0.2) is 0 Å². The molecule has 1 rings (SSSR count). The lowest BCUT2D eigenvalue weighted by molar-refractivity contribution is 0.315. The summed E-state index contributed by atoms with van der Waals surface area (Å²) in [6, 6.07) is 2.16. The van der Waals surface area contributed by atoms with E-state index < -0.39 is 0 Å². The summed E-state index contributed by atoms with van der Waals surface area (Å²) in [7, 11) is 0. The van der Waals surface area contributed by atoms with E-state index >= 15 is 0 Å². The van der Waals surface area contributed by atoms with Gasteiger partial charge >= 0.3 is 0 Å². The maximum absolute atomic E-state index is 3.86. The van der Waals surface area contributed by atoms with Crippen LogP contribution in [0.4, 0.5) is 0 Å². The van der Waals surface area contributed by atoms with Crippen LogP contribution in [0.5, 0.6) is 0 Å². The van der Waals surface area contributed by atoms with Crippen molar-refractivity contribution in [2.75, 3.05) is 6.54 Å². The van der Waals surface area contributed by atoms with E-state index in [2.05, 4.69) is 31.4 Å². The van der Waals surface area contributed by atoms with E-state index in [1.165, 1.54) is 64.3 Å². The van der Waals surface area contributed by atoms with Gasteiger partial charge in [-0.25, -0.2) is 0 Å². The highest BCUT2D eigenvalue weighted by Crippen LogP contribution is 2.14. The first-order valence-electron chi connectivity index (χ1n) is 8.25. The minimum atomic E-state index is 0.661. The second-order valence-corrected chi connectivity index (χ2v) is 6.08. The quantitative estimate of drug-likeness (QED) is 0.653. The molecule has 0 bridgehead atoms. The van der Waals surface area contributed by atoms with E-state index in [1.807, 2.05) is 0 Å². The third-order valence-corrected chi connectivity index (χ3v) is 4.11. The molecule has 0 amide bonds. The van der Waals surface area contributed by atoms with Crippen LogP contribution in [0.2, 0.25) is 0 Å². The van der Waals surface area contributed by atoms with Crippen LogP contribution in [-0.2, 0) is 0 Å². The van der Waals surface area contributed by atoms with Crippen LogP contribution in [0.25, 0.3) is 0 Å².